The van der Waals surface area contributed by atoms with Crippen molar-refractivity contribution in [2.75, 3.05) is 51.6 Å². The standard InChI is InChI=1S/C22H27FN4O2/c1-26-13-15-27(16-14-26)12-6-11-24-21(28)18-8-3-5-10-20(18)25-22(29)17-7-2-4-9-19(17)23/h2-5,7-10H,6,11-16H2,1H3,(H,24,28)(H,25,29). The third kappa shape index (κ3) is 5.85. The molecule has 0 bridgehead atoms. The molecule has 1 heterocycles. The van der Waals surface area contributed by atoms with E-state index in [1.165, 1.54) is 18.2 Å². The van der Waals surface area contributed by atoms with Gasteiger partial charge in [0, 0.05) is 32.7 Å². The van der Waals surface area contributed by atoms with E-state index in [-0.39, 0.29) is 11.5 Å². The molecule has 0 spiro atoms. The molecule has 2 aromatic carbocycles. The number of piperazine rings is 1. The summed E-state index contributed by atoms with van der Waals surface area (Å²) in [6, 6.07) is 12.5. The van der Waals surface area contributed by atoms with E-state index in [1.807, 2.05) is 0 Å². The van der Waals surface area contributed by atoms with Gasteiger partial charge in [0.25, 0.3) is 11.8 Å². The molecule has 6 nitrogen and oxygen atoms in total. The molecule has 2 N–H and O–H groups in total. The number of halogens is 1. The maximum absolute atomic E-state index is 13.8. The minimum Gasteiger partial charge on any atom is -0.352 e. The third-order valence-electron chi connectivity index (χ3n) is 5.07. The van der Waals surface area contributed by atoms with Gasteiger partial charge >= 0.3 is 0 Å². The van der Waals surface area contributed by atoms with E-state index in [9.17, 15) is 14.0 Å². The van der Waals surface area contributed by atoms with Crippen LogP contribution in [0.25, 0.3) is 0 Å². The summed E-state index contributed by atoms with van der Waals surface area (Å²) >= 11 is 0. The first-order chi connectivity index (χ1) is 14.0. The van der Waals surface area contributed by atoms with Crippen LogP contribution in [0.2, 0.25) is 0 Å². The average molecular weight is 398 g/mol. The second-order valence-electron chi connectivity index (χ2n) is 7.23. The summed E-state index contributed by atoms with van der Waals surface area (Å²) in [7, 11) is 2.12. The summed E-state index contributed by atoms with van der Waals surface area (Å²) in [5.74, 6) is -1.44. The van der Waals surface area contributed by atoms with Crippen LogP contribution < -0.4 is 10.6 Å². The number of hydrogen-bond acceptors (Lipinski definition) is 4. The molecule has 2 aromatic rings. The van der Waals surface area contributed by atoms with Gasteiger partial charge in [0.05, 0.1) is 16.8 Å². The summed E-state index contributed by atoms with van der Waals surface area (Å²) in [6.45, 7) is 5.74. The zero-order valence-corrected chi connectivity index (χ0v) is 16.7. The summed E-state index contributed by atoms with van der Waals surface area (Å²) in [5.41, 5.74) is 0.656. The molecule has 0 aromatic heterocycles. The van der Waals surface area contributed by atoms with E-state index in [4.69, 9.17) is 0 Å². The van der Waals surface area contributed by atoms with Crippen molar-refractivity contribution in [3.05, 3.63) is 65.5 Å². The maximum atomic E-state index is 13.8. The molecule has 0 atom stereocenters. The van der Waals surface area contributed by atoms with Crippen LogP contribution in [0.4, 0.5) is 10.1 Å². The number of carbonyl (C=O) groups excluding carboxylic acids is 2. The number of rotatable bonds is 7. The normalized spacial score (nSPS) is 15.1. The van der Waals surface area contributed by atoms with Crippen molar-refractivity contribution >= 4 is 17.5 Å². The van der Waals surface area contributed by atoms with Crippen molar-refractivity contribution < 1.29 is 14.0 Å². The highest BCUT2D eigenvalue weighted by Crippen LogP contribution is 2.17. The van der Waals surface area contributed by atoms with Gasteiger partial charge in [-0.05, 0) is 44.3 Å². The molecule has 0 radical (unpaired) electrons. The maximum Gasteiger partial charge on any atom is 0.258 e. The van der Waals surface area contributed by atoms with Crippen molar-refractivity contribution in [1.29, 1.82) is 0 Å². The molecule has 1 aliphatic rings. The Hall–Kier alpha value is -2.77. The quantitative estimate of drug-likeness (QED) is 0.704. The number of para-hydroxylation sites is 1. The molecule has 0 unspecified atom stereocenters. The number of benzene rings is 2. The lowest BCUT2D eigenvalue weighted by Gasteiger charge is -2.32. The van der Waals surface area contributed by atoms with Crippen molar-refractivity contribution in [2.24, 2.45) is 0 Å². The van der Waals surface area contributed by atoms with Crippen molar-refractivity contribution in [3.63, 3.8) is 0 Å². The Morgan fingerprint density at radius 3 is 2.31 bits per heavy atom. The third-order valence-corrected chi connectivity index (χ3v) is 5.07. The molecule has 7 heteroatoms. The lowest BCUT2D eigenvalue weighted by atomic mass is 10.1. The Morgan fingerprint density at radius 1 is 0.931 bits per heavy atom. The van der Waals surface area contributed by atoms with Crippen LogP contribution in [0.5, 0.6) is 0 Å². The van der Waals surface area contributed by atoms with Gasteiger partial charge in [-0.1, -0.05) is 24.3 Å². The Labute approximate surface area is 170 Å². The van der Waals surface area contributed by atoms with Gasteiger partial charge in [0.2, 0.25) is 0 Å². The molecule has 29 heavy (non-hydrogen) atoms. The first-order valence-electron chi connectivity index (χ1n) is 9.88. The Morgan fingerprint density at radius 2 is 1.59 bits per heavy atom. The van der Waals surface area contributed by atoms with Crippen LogP contribution in [0.1, 0.15) is 27.1 Å². The lowest BCUT2D eigenvalue weighted by molar-refractivity contribution is 0.0950. The fourth-order valence-corrected chi connectivity index (χ4v) is 3.30. The van der Waals surface area contributed by atoms with E-state index >= 15 is 0 Å². The highest BCUT2D eigenvalue weighted by molar-refractivity contribution is 6.09. The smallest absolute Gasteiger partial charge is 0.258 e. The van der Waals surface area contributed by atoms with Crippen LogP contribution in [0.3, 0.4) is 0 Å². The van der Waals surface area contributed by atoms with Gasteiger partial charge in [0.15, 0.2) is 0 Å². The van der Waals surface area contributed by atoms with Gasteiger partial charge in [-0.15, -0.1) is 0 Å². The van der Waals surface area contributed by atoms with E-state index in [0.29, 0.717) is 17.8 Å². The van der Waals surface area contributed by atoms with E-state index in [1.54, 1.807) is 30.3 Å². The number of anilines is 1. The largest absolute Gasteiger partial charge is 0.352 e. The van der Waals surface area contributed by atoms with Crippen LogP contribution in [-0.2, 0) is 0 Å². The minimum absolute atomic E-state index is 0.0603. The number of hydrogen-bond donors (Lipinski definition) is 2. The second kappa shape index (κ2) is 10.1. The molecule has 154 valence electrons. The van der Waals surface area contributed by atoms with Crippen molar-refractivity contribution in [2.45, 2.75) is 6.42 Å². The molecule has 0 saturated carbocycles. The van der Waals surface area contributed by atoms with E-state index in [0.717, 1.165) is 39.1 Å². The molecule has 1 saturated heterocycles. The van der Waals surface area contributed by atoms with Crippen LogP contribution in [0, 0.1) is 5.82 Å². The van der Waals surface area contributed by atoms with Gasteiger partial charge in [-0.2, -0.15) is 0 Å². The van der Waals surface area contributed by atoms with Gasteiger partial charge in [0.1, 0.15) is 5.82 Å². The highest BCUT2D eigenvalue weighted by Gasteiger charge is 2.16. The molecular weight excluding hydrogens is 371 g/mol. The zero-order chi connectivity index (χ0) is 20.6. The fourth-order valence-electron chi connectivity index (χ4n) is 3.30. The van der Waals surface area contributed by atoms with Crippen LogP contribution >= 0.6 is 0 Å². The number of amides is 2. The lowest BCUT2D eigenvalue weighted by Crippen LogP contribution is -2.45. The molecule has 0 aliphatic carbocycles. The van der Waals surface area contributed by atoms with E-state index in [2.05, 4.69) is 27.5 Å². The first kappa shape index (κ1) is 21.0. The van der Waals surface area contributed by atoms with Crippen LogP contribution in [0.15, 0.2) is 48.5 Å². The SMILES string of the molecule is CN1CCN(CCCNC(=O)c2ccccc2NC(=O)c2ccccc2F)CC1. The van der Waals surface area contributed by atoms with E-state index < -0.39 is 11.7 Å². The summed E-state index contributed by atoms with van der Waals surface area (Å²) in [4.78, 5) is 29.7. The predicted molar refractivity (Wildman–Crippen MR) is 112 cm³/mol. The second-order valence-corrected chi connectivity index (χ2v) is 7.23. The number of carbonyl (C=O) groups is 2. The first-order valence-corrected chi connectivity index (χ1v) is 9.88. The minimum atomic E-state index is -0.601. The van der Waals surface area contributed by atoms with Gasteiger partial charge in [-0.3, -0.25) is 9.59 Å². The average Bonchev–Trinajstić information content (AvgIpc) is 2.73. The zero-order valence-electron chi connectivity index (χ0n) is 16.7. The number of nitrogens with one attached hydrogen (secondary N) is 2. The van der Waals surface area contributed by atoms with Gasteiger partial charge in [-0.25, -0.2) is 4.39 Å². The fraction of sp³-hybridized carbons (Fsp3) is 0.364. The number of likely N-dealkylation sites (N-methyl/N-ethyl adjacent to an activating group) is 1. The van der Waals surface area contributed by atoms with Crippen LogP contribution in [-0.4, -0.2) is 67.9 Å². The Bertz CT molecular complexity index is 850. The summed E-state index contributed by atoms with van der Waals surface area (Å²) < 4.78 is 13.8. The van der Waals surface area contributed by atoms with Crippen molar-refractivity contribution in [3.8, 4) is 0 Å². The monoisotopic (exact) mass is 398 g/mol. The summed E-state index contributed by atoms with van der Waals surface area (Å²) in [5, 5.41) is 5.55. The molecule has 1 fully saturated rings. The Balaban J connectivity index is 1.53. The van der Waals surface area contributed by atoms with Gasteiger partial charge < -0.3 is 20.4 Å². The van der Waals surface area contributed by atoms with Crippen molar-refractivity contribution in [1.82, 2.24) is 15.1 Å². The number of nitrogens with zero attached hydrogens (tertiary/aromatic N) is 2. The predicted octanol–water partition coefficient (Wildman–Crippen LogP) is 2.45. The molecular formula is C22H27FN4O2. The molecule has 3 rings (SSSR count). The molecule has 1 aliphatic heterocycles. The topological polar surface area (TPSA) is 64.7 Å². The highest BCUT2D eigenvalue weighted by atomic mass is 19.1. The summed E-state index contributed by atoms with van der Waals surface area (Å²) in [6.07, 6.45) is 0.860. The molecule has 2 amide bonds. The Kier molecular flexibility index (Phi) is 7.32.